The number of alkyl halides is 2. The molecule has 0 bridgehead atoms. The van der Waals surface area contributed by atoms with Gasteiger partial charge in [-0.1, -0.05) is 89.7 Å². The summed E-state index contributed by atoms with van der Waals surface area (Å²) in [5, 5.41) is 0. The van der Waals surface area contributed by atoms with Crippen LogP contribution in [0.3, 0.4) is 0 Å². The van der Waals surface area contributed by atoms with Crippen molar-refractivity contribution in [2.45, 2.75) is 96.5 Å². The maximum Gasteiger partial charge on any atom is 0.426 e. The van der Waals surface area contributed by atoms with Crippen molar-refractivity contribution in [2.24, 2.45) is 11.8 Å². The van der Waals surface area contributed by atoms with Crippen LogP contribution in [-0.4, -0.2) is 0 Å². The Balaban J connectivity index is 1.39. The molecule has 0 amide bonds. The van der Waals surface area contributed by atoms with E-state index in [1.807, 2.05) is 0 Å². The van der Waals surface area contributed by atoms with Gasteiger partial charge in [0.15, 0.2) is 17.5 Å². The van der Waals surface area contributed by atoms with Crippen molar-refractivity contribution in [1.29, 1.82) is 0 Å². The van der Waals surface area contributed by atoms with E-state index in [0.717, 1.165) is 24.3 Å². The molecule has 6 heteroatoms. The number of rotatable bonds is 13. The van der Waals surface area contributed by atoms with Gasteiger partial charge in [0, 0.05) is 0 Å². The fourth-order valence-electron chi connectivity index (χ4n) is 5.05. The van der Waals surface area contributed by atoms with Gasteiger partial charge in [-0.05, 0) is 54.5 Å². The van der Waals surface area contributed by atoms with Crippen molar-refractivity contribution >= 4 is 0 Å². The van der Waals surface area contributed by atoms with Crippen LogP contribution in [0.4, 0.5) is 22.0 Å². The first-order chi connectivity index (χ1) is 16.8. The Hall–Kier alpha value is -2.11. The molecule has 2 aromatic rings. The Kier molecular flexibility index (Phi) is 10.4. The molecule has 0 unspecified atom stereocenters. The van der Waals surface area contributed by atoms with E-state index in [9.17, 15) is 22.0 Å². The molecule has 1 aliphatic carbocycles. The molecule has 3 rings (SSSR count). The summed E-state index contributed by atoms with van der Waals surface area (Å²) >= 11 is 0. The molecule has 0 aliphatic heterocycles. The molecule has 0 N–H and O–H groups in total. The van der Waals surface area contributed by atoms with E-state index in [0.29, 0.717) is 5.92 Å². The van der Waals surface area contributed by atoms with Gasteiger partial charge in [-0.2, -0.15) is 8.78 Å². The Labute approximate surface area is 206 Å². The topological polar surface area (TPSA) is 9.23 Å². The van der Waals surface area contributed by atoms with Crippen LogP contribution in [0.2, 0.25) is 0 Å². The summed E-state index contributed by atoms with van der Waals surface area (Å²) < 4.78 is 73.0. The SMILES string of the molecule is CCCCCCCCC1CCC(CCc2ccc(OC(F)(F)c3cc(F)c(F)c(F)c3)cc2)CC1. The minimum Gasteiger partial charge on any atom is -0.429 e. The van der Waals surface area contributed by atoms with Gasteiger partial charge in [-0.3, -0.25) is 0 Å². The predicted octanol–water partition coefficient (Wildman–Crippen LogP) is 9.72. The third-order valence-electron chi connectivity index (χ3n) is 7.26. The van der Waals surface area contributed by atoms with E-state index in [1.165, 1.54) is 82.8 Å². The van der Waals surface area contributed by atoms with Crippen LogP contribution in [0.5, 0.6) is 5.75 Å². The first-order valence-electron chi connectivity index (χ1n) is 13.1. The zero-order chi connectivity index (χ0) is 25.3. The quantitative estimate of drug-likeness (QED) is 0.152. The van der Waals surface area contributed by atoms with E-state index >= 15 is 0 Å². The number of unbranched alkanes of at least 4 members (excludes halogenated alkanes) is 5. The van der Waals surface area contributed by atoms with Gasteiger partial charge in [-0.25, -0.2) is 13.2 Å². The van der Waals surface area contributed by atoms with Crippen molar-refractivity contribution in [2.75, 3.05) is 0 Å². The third-order valence-corrected chi connectivity index (χ3v) is 7.26. The first-order valence-corrected chi connectivity index (χ1v) is 13.1. The fourth-order valence-corrected chi connectivity index (χ4v) is 5.05. The van der Waals surface area contributed by atoms with Crippen molar-refractivity contribution in [3.63, 3.8) is 0 Å². The van der Waals surface area contributed by atoms with Crippen molar-refractivity contribution < 1.29 is 26.7 Å². The van der Waals surface area contributed by atoms with E-state index in [4.69, 9.17) is 0 Å². The maximum absolute atomic E-state index is 14.3. The number of halogens is 5. The van der Waals surface area contributed by atoms with E-state index in [-0.39, 0.29) is 17.9 Å². The first kappa shape index (κ1) is 27.5. The molecule has 0 saturated heterocycles. The largest absolute Gasteiger partial charge is 0.429 e. The highest BCUT2D eigenvalue weighted by atomic mass is 19.3. The van der Waals surface area contributed by atoms with E-state index in [1.54, 1.807) is 12.1 Å². The lowest BCUT2D eigenvalue weighted by molar-refractivity contribution is -0.185. The highest BCUT2D eigenvalue weighted by Crippen LogP contribution is 2.35. The Morgan fingerprint density at radius 1 is 0.771 bits per heavy atom. The molecule has 0 heterocycles. The standard InChI is InChI=1S/C29H37F5O/c1-2-3-4-5-6-7-8-21-9-11-22(12-10-21)13-14-23-15-17-25(18-16-23)35-29(33,34)24-19-26(30)28(32)27(31)20-24/h15-22H,2-14H2,1H3. The highest BCUT2D eigenvalue weighted by Gasteiger charge is 2.36. The van der Waals surface area contributed by atoms with E-state index < -0.39 is 29.1 Å². The van der Waals surface area contributed by atoms with Gasteiger partial charge in [-0.15, -0.1) is 0 Å². The Morgan fingerprint density at radius 2 is 1.31 bits per heavy atom. The molecule has 0 aromatic heterocycles. The predicted molar refractivity (Wildman–Crippen MR) is 129 cm³/mol. The number of hydrogen-bond acceptors (Lipinski definition) is 1. The van der Waals surface area contributed by atoms with Crippen LogP contribution in [0.1, 0.15) is 95.1 Å². The highest BCUT2D eigenvalue weighted by molar-refractivity contribution is 5.29. The summed E-state index contributed by atoms with van der Waals surface area (Å²) in [5.74, 6) is -3.71. The zero-order valence-corrected chi connectivity index (χ0v) is 20.6. The van der Waals surface area contributed by atoms with Crippen LogP contribution in [0.15, 0.2) is 36.4 Å². The van der Waals surface area contributed by atoms with Gasteiger partial charge < -0.3 is 4.74 Å². The molecule has 35 heavy (non-hydrogen) atoms. The number of ether oxygens (including phenoxy) is 1. The number of hydrogen-bond donors (Lipinski definition) is 0. The van der Waals surface area contributed by atoms with Gasteiger partial charge in [0.25, 0.3) is 0 Å². The van der Waals surface area contributed by atoms with Gasteiger partial charge in [0.1, 0.15) is 5.75 Å². The van der Waals surface area contributed by atoms with E-state index in [2.05, 4.69) is 11.7 Å². The summed E-state index contributed by atoms with van der Waals surface area (Å²) in [6, 6.07) is 6.82. The summed E-state index contributed by atoms with van der Waals surface area (Å²) in [4.78, 5) is 0. The Morgan fingerprint density at radius 3 is 1.91 bits per heavy atom. The molecule has 0 atom stereocenters. The van der Waals surface area contributed by atoms with Gasteiger partial charge in [0.05, 0.1) is 5.56 Å². The second-order valence-electron chi connectivity index (χ2n) is 10.00. The summed E-state index contributed by atoms with van der Waals surface area (Å²) in [6.45, 7) is 2.25. The zero-order valence-electron chi connectivity index (χ0n) is 20.6. The minimum absolute atomic E-state index is 0.126. The molecular formula is C29H37F5O. The second kappa shape index (κ2) is 13.3. The van der Waals surface area contributed by atoms with Crippen LogP contribution in [0, 0.1) is 29.3 Å². The summed E-state index contributed by atoms with van der Waals surface area (Å²) in [7, 11) is 0. The third kappa shape index (κ3) is 8.50. The van der Waals surface area contributed by atoms with Crippen LogP contribution in [0.25, 0.3) is 0 Å². The summed E-state index contributed by atoms with van der Waals surface area (Å²) in [5.41, 5.74) is -0.0428. The molecule has 1 nitrogen and oxygen atoms in total. The number of benzene rings is 2. The molecular weight excluding hydrogens is 459 g/mol. The second-order valence-corrected chi connectivity index (χ2v) is 10.00. The smallest absolute Gasteiger partial charge is 0.426 e. The molecule has 1 fully saturated rings. The maximum atomic E-state index is 14.3. The average Bonchev–Trinajstić information content (AvgIpc) is 2.84. The van der Waals surface area contributed by atoms with Crippen LogP contribution >= 0.6 is 0 Å². The van der Waals surface area contributed by atoms with Crippen LogP contribution in [-0.2, 0) is 12.5 Å². The van der Waals surface area contributed by atoms with Crippen LogP contribution < -0.4 is 4.74 Å². The molecule has 1 aliphatic rings. The molecule has 2 aromatic carbocycles. The van der Waals surface area contributed by atoms with Crippen molar-refractivity contribution in [1.82, 2.24) is 0 Å². The normalized spacial score (nSPS) is 18.6. The van der Waals surface area contributed by atoms with Crippen molar-refractivity contribution in [3.05, 3.63) is 65.0 Å². The lowest BCUT2D eigenvalue weighted by Crippen LogP contribution is -2.22. The lowest BCUT2D eigenvalue weighted by Gasteiger charge is -2.28. The lowest BCUT2D eigenvalue weighted by atomic mass is 9.77. The number of aryl methyl sites for hydroxylation is 1. The summed E-state index contributed by atoms with van der Waals surface area (Å²) in [6.07, 6.45) is 12.6. The molecule has 0 spiro atoms. The molecule has 194 valence electrons. The Bertz CT molecular complexity index is 881. The molecule has 0 radical (unpaired) electrons. The monoisotopic (exact) mass is 496 g/mol. The van der Waals surface area contributed by atoms with Gasteiger partial charge >= 0.3 is 6.11 Å². The average molecular weight is 497 g/mol. The molecule has 1 saturated carbocycles. The minimum atomic E-state index is -3.99. The van der Waals surface area contributed by atoms with Crippen molar-refractivity contribution in [3.8, 4) is 5.75 Å². The fraction of sp³-hybridized carbons (Fsp3) is 0.586. The van der Waals surface area contributed by atoms with Gasteiger partial charge in [0.2, 0.25) is 0 Å².